The van der Waals surface area contributed by atoms with Crippen molar-refractivity contribution in [1.82, 2.24) is 4.98 Å². The van der Waals surface area contributed by atoms with E-state index in [0.29, 0.717) is 17.1 Å². The Labute approximate surface area is 258 Å². The first-order valence-corrected chi connectivity index (χ1v) is 15.1. The predicted molar refractivity (Wildman–Crippen MR) is 178 cm³/mol. The Morgan fingerprint density at radius 1 is 0.795 bits per heavy atom. The summed E-state index contributed by atoms with van der Waals surface area (Å²) in [6, 6.07) is 28.5. The zero-order chi connectivity index (χ0) is 30.6. The molecule has 44 heavy (non-hydrogen) atoms. The van der Waals surface area contributed by atoms with Gasteiger partial charge in [0, 0.05) is 72.8 Å². The Morgan fingerprint density at radius 2 is 1.52 bits per heavy atom. The average Bonchev–Trinajstić information content (AvgIpc) is 3.32. The Morgan fingerprint density at radius 3 is 2.27 bits per heavy atom. The van der Waals surface area contributed by atoms with Gasteiger partial charge in [-0.15, -0.1) is 0 Å². The number of fused-ring (bicyclic) bond motifs is 7. The van der Waals surface area contributed by atoms with Crippen molar-refractivity contribution in [2.24, 2.45) is 0 Å². The number of carbonyl (C=O) groups excluding carboxylic acids is 1. The van der Waals surface area contributed by atoms with Gasteiger partial charge in [-0.25, -0.2) is 9.78 Å². The molecule has 0 bridgehead atoms. The number of hydrogen-bond donors (Lipinski definition) is 0. The number of esters is 1. The van der Waals surface area contributed by atoms with Gasteiger partial charge in [-0.2, -0.15) is 0 Å². The lowest BCUT2D eigenvalue weighted by Crippen LogP contribution is -2.33. The van der Waals surface area contributed by atoms with E-state index in [1.165, 1.54) is 0 Å². The van der Waals surface area contributed by atoms with Crippen LogP contribution in [0.25, 0.3) is 23.1 Å². The molecular weight excluding hydrogens is 546 g/mol. The van der Waals surface area contributed by atoms with Crippen LogP contribution in [0, 0.1) is 6.92 Å². The van der Waals surface area contributed by atoms with Crippen molar-refractivity contribution in [3.8, 4) is 11.5 Å². The summed E-state index contributed by atoms with van der Waals surface area (Å²) >= 11 is 0. The fraction of sp³-hybridized carbons (Fsp3) is 0.211. The smallest absolute Gasteiger partial charge is 0.340 e. The highest BCUT2D eigenvalue weighted by Crippen LogP contribution is 2.57. The summed E-state index contributed by atoms with van der Waals surface area (Å²) < 4.78 is 13.1. The number of ether oxygens (including phenoxy) is 2. The summed E-state index contributed by atoms with van der Waals surface area (Å²) in [5.41, 5.74) is 8.01. The van der Waals surface area contributed by atoms with Crippen molar-refractivity contribution >= 4 is 40.4 Å². The molecule has 0 saturated carbocycles. The van der Waals surface area contributed by atoms with Gasteiger partial charge in [0.25, 0.3) is 0 Å². The number of hydrogen-bond acceptors (Lipinski definition) is 6. The van der Waals surface area contributed by atoms with Crippen LogP contribution in [-0.2, 0) is 10.3 Å². The highest BCUT2D eigenvalue weighted by atomic mass is 16.6. The van der Waals surface area contributed by atoms with Crippen LogP contribution >= 0.6 is 0 Å². The second-order valence-corrected chi connectivity index (χ2v) is 11.6. The number of nitrogens with zero attached hydrogens (tertiary/aromatic N) is 3. The van der Waals surface area contributed by atoms with Crippen LogP contribution in [-0.4, -0.2) is 38.1 Å². The number of benzene rings is 4. The average molecular weight is 582 g/mol. The van der Waals surface area contributed by atoms with Gasteiger partial charge in [0.05, 0.1) is 16.8 Å². The molecule has 1 aromatic heterocycles. The Balaban J connectivity index is 1.38. The van der Waals surface area contributed by atoms with E-state index in [1.807, 2.05) is 50.5 Å². The van der Waals surface area contributed by atoms with E-state index >= 15 is 0 Å². The van der Waals surface area contributed by atoms with Crippen LogP contribution in [0.3, 0.4) is 0 Å². The second kappa shape index (κ2) is 10.6. The quantitative estimate of drug-likeness (QED) is 0.189. The number of rotatable bonds is 6. The largest absolute Gasteiger partial charge is 0.456 e. The lowest BCUT2D eigenvalue weighted by molar-refractivity contribution is 0.0225. The van der Waals surface area contributed by atoms with Crippen LogP contribution in [0.15, 0.2) is 84.9 Å². The molecule has 0 saturated heterocycles. The molecule has 0 N–H and O–H groups in total. The van der Waals surface area contributed by atoms with E-state index < -0.39 is 5.60 Å². The zero-order valence-corrected chi connectivity index (χ0v) is 25.7. The first kappa shape index (κ1) is 27.7. The maximum Gasteiger partial charge on any atom is 0.340 e. The highest BCUT2D eigenvalue weighted by molar-refractivity contribution is 5.98. The van der Waals surface area contributed by atoms with Gasteiger partial charge in [-0.3, -0.25) is 0 Å². The third kappa shape index (κ3) is 4.32. The van der Waals surface area contributed by atoms with Crippen LogP contribution in [0.2, 0.25) is 0 Å². The van der Waals surface area contributed by atoms with Gasteiger partial charge in [0.2, 0.25) is 0 Å². The van der Waals surface area contributed by atoms with Crippen molar-refractivity contribution < 1.29 is 14.3 Å². The summed E-state index contributed by atoms with van der Waals surface area (Å²) in [4.78, 5) is 22.7. The minimum absolute atomic E-state index is 0.332. The van der Waals surface area contributed by atoms with Gasteiger partial charge in [0.15, 0.2) is 5.60 Å². The number of pyridine rings is 1. The van der Waals surface area contributed by atoms with Gasteiger partial charge in [-0.05, 0) is 80.4 Å². The molecule has 7 rings (SSSR count). The summed E-state index contributed by atoms with van der Waals surface area (Å²) in [6.07, 6.45) is 4.12. The lowest BCUT2D eigenvalue weighted by Gasteiger charge is -2.37. The fourth-order valence-corrected chi connectivity index (χ4v) is 6.51. The molecule has 0 aliphatic carbocycles. The van der Waals surface area contributed by atoms with Crippen molar-refractivity contribution in [2.75, 3.05) is 37.0 Å². The van der Waals surface area contributed by atoms with Gasteiger partial charge in [0.1, 0.15) is 11.5 Å². The molecule has 0 amide bonds. The lowest BCUT2D eigenvalue weighted by atomic mass is 9.77. The molecule has 6 nitrogen and oxygen atoms in total. The van der Waals surface area contributed by atoms with Crippen LogP contribution < -0.4 is 14.5 Å². The number of anilines is 2. The molecule has 4 aromatic carbocycles. The molecule has 0 fully saturated rings. The molecule has 2 aliphatic rings. The van der Waals surface area contributed by atoms with Crippen LogP contribution in [0.4, 0.5) is 11.4 Å². The van der Waals surface area contributed by atoms with E-state index in [-0.39, 0.29) is 5.97 Å². The molecule has 3 heterocycles. The summed E-state index contributed by atoms with van der Waals surface area (Å²) in [6.45, 7) is 8.12. The number of aryl methyl sites for hydroxylation is 1. The van der Waals surface area contributed by atoms with E-state index in [4.69, 9.17) is 14.5 Å². The molecule has 1 atom stereocenters. The SMILES string of the molecule is CCN(CC)c1ccc2c(c1)Oc1cc3nc(C=Cc4ccc(N(C)C)cc4)cc(C)c3cc1C21OC(=O)c2ccccc21. The Kier molecular flexibility index (Phi) is 6.65. The van der Waals surface area contributed by atoms with Gasteiger partial charge >= 0.3 is 5.97 Å². The monoisotopic (exact) mass is 581 g/mol. The van der Waals surface area contributed by atoms with Crippen molar-refractivity contribution in [2.45, 2.75) is 26.4 Å². The maximum atomic E-state index is 13.3. The molecule has 220 valence electrons. The number of aromatic nitrogens is 1. The Hall–Kier alpha value is -5.10. The minimum Gasteiger partial charge on any atom is -0.456 e. The first-order chi connectivity index (χ1) is 21.3. The normalized spacial score (nSPS) is 16.4. The van der Waals surface area contributed by atoms with Crippen LogP contribution in [0.5, 0.6) is 11.5 Å². The fourth-order valence-electron chi connectivity index (χ4n) is 6.51. The molecule has 0 radical (unpaired) electrons. The van der Waals surface area contributed by atoms with E-state index in [2.05, 4.69) is 91.2 Å². The van der Waals surface area contributed by atoms with Crippen molar-refractivity contribution in [3.05, 3.63) is 124 Å². The molecule has 1 spiro atoms. The standard InChI is InChI=1S/C38H35N3O3/c1-6-41(7-2)28-18-19-32-35(21-28)43-36-23-34-30(22-33(36)38(32)31-11-9-8-10-29(31)37(42)44-38)24(3)20-26(39-34)15-12-25-13-16-27(17-14-25)40(4)5/h8-23H,6-7H2,1-5H3. The highest BCUT2D eigenvalue weighted by Gasteiger charge is 2.53. The van der Waals surface area contributed by atoms with Crippen molar-refractivity contribution in [3.63, 3.8) is 0 Å². The maximum absolute atomic E-state index is 13.3. The molecule has 6 heteroatoms. The van der Waals surface area contributed by atoms with E-state index in [0.717, 1.165) is 68.9 Å². The molecule has 1 unspecified atom stereocenters. The van der Waals surface area contributed by atoms with Gasteiger partial charge < -0.3 is 19.3 Å². The second-order valence-electron chi connectivity index (χ2n) is 11.6. The molecular formula is C38H35N3O3. The summed E-state index contributed by atoms with van der Waals surface area (Å²) in [5, 5.41) is 0.989. The third-order valence-electron chi connectivity index (χ3n) is 8.84. The Bertz CT molecular complexity index is 1960. The van der Waals surface area contributed by atoms with Crippen LogP contribution in [0.1, 0.15) is 57.7 Å². The summed E-state index contributed by atoms with van der Waals surface area (Å²) in [5.74, 6) is 0.986. The topological polar surface area (TPSA) is 54.9 Å². The molecule has 5 aromatic rings. The third-order valence-corrected chi connectivity index (χ3v) is 8.84. The molecule has 2 aliphatic heterocycles. The van der Waals surface area contributed by atoms with E-state index in [9.17, 15) is 4.79 Å². The number of carbonyl (C=O) groups is 1. The summed E-state index contributed by atoms with van der Waals surface area (Å²) in [7, 11) is 4.07. The predicted octanol–water partition coefficient (Wildman–Crippen LogP) is 8.19. The minimum atomic E-state index is -1.11. The zero-order valence-electron chi connectivity index (χ0n) is 25.7. The van der Waals surface area contributed by atoms with E-state index in [1.54, 1.807) is 0 Å². The van der Waals surface area contributed by atoms with Gasteiger partial charge in [-0.1, -0.05) is 36.4 Å². The van der Waals surface area contributed by atoms with Crippen molar-refractivity contribution in [1.29, 1.82) is 0 Å². The first-order valence-electron chi connectivity index (χ1n) is 15.1.